The number of rotatable bonds is 10. The average molecular weight is 357 g/mol. The number of aliphatic hydroxyl groups is 1. The molecule has 25 heavy (non-hydrogen) atoms. The molecule has 0 radical (unpaired) electrons. The van der Waals surface area contributed by atoms with Crippen LogP contribution in [0.5, 0.6) is 0 Å². The molecule has 2 N–H and O–H groups in total. The molecule has 2 aliphatic rings. The summed E-state index contributed by atoms with van der Waals surface area (Å²) in [5.41, 5.74) is 0. The first-order chi connectivity index (χ1) is 12.1. The van der Waals surface area contributed by atoms with E-state index in [2.05, 4.69) is 11.0 Å². The van der Waals surface area contributed by atoms with E-state index in [4.69, 9.17) is 19.3 Å². The van der Waals surface area contributed by atoms with Gasteiger partial charge in [0.15, 0.2) is 0 Å². The molecule has 2 fully saturated rings. The molecular weight excluding hydrogens is 326 g/mol. The van der Waals surface area contributed by atoms with Crippen molar-refractivity contribution >= 4 is 5.97 Å². The van der Waals surface area contributed by atoms with E-state index in [0.29, 0.717) is 26.1 Å². The molecular formula is C18H31NO6. The van der Waals surface area contributed by atoms with Crippen LogP contribution in [-0.2, 0) is 19.0 Å². The van der Waals surface area contributed by atoms with Crippen LogP contribution >= 0.6 is 0 Å². The van der Waals surface area contributed by atoms with Gasteiger partial charge < -0.3 is 24.4 Å². The maximum Gasteiger partial charge on any atom is 0.303 e. The van der Waals surface area contributed by atoms with Crippen molar-refractivity contribution in [1.82, 2.24) is 4.90 Å². The lowest BCUT2D eigenvalue weighted by Gasteiger charge is -2.37. The van der Waals surface area contributed by atoms with Crippen molar-refractivity contribution in [3.63, 3.8) is 0 Å². The molecule has 7 nitrogen and oxygen atoms in total. The molecule has 1 saturated carbocycles. The molecule has 0 amide bonds. The van der Waals surface area contributed by atoms with E-state index in [1.165, 1.54) is 0 Å². The van der Waals surface area contributed by atoms with E-state index in [9.17, 15) is 9.90 Å². The van der Waals surface area contributed by atoms with Crippen molar-refractivity contribution in [2.75, 3.05) is 40.2 Å². The summed E-state index contributed by atoms with van der Waals surface area (Å²) in [6.07, 6.45) is 6.71. The third-order valence-electron chi connectivity index (χ3n) is 4.99. The number of nitrogens with zero attached hydrogens (tertiary/aromatic N) is 1. The maximum atomic E-state index is 10.6. The quantitative estimate of drug-likeness (QED) is 0.346. The van der Waals surface area contributed by atoms with E-state index >= 15 is 0 Å². The van der Waals surface area contributed by atoms with Crippen molar-refractivity contribution in [2.24, 2.45) is 5.92 Å². The highest BCUT2D eigenvalue weighted by atomic mass is 16.7. The van der Waals surface area contributed by atoms with Crippen LogP contribution in [0.3, 0.4) is 0 Å². The van der Waals surface area contributed by atoms with Gasteiger partial charge in [-0.2, -0.15) is 0 Å². The lowest BCUT2D eigenvalue weighted by molar-refractivity contribution is -0.137. The van der Waals surface area contributed by atoms with Crippen LogP contribution in [0.1, 0.15) is 32.1 Å². The Kier molecular flexibility index (Phi) is 8.84. The molecule has 0 aromatic carbocycles. The second-order valence-corrected chi connectivity index (χ2v) is 6.71. The van der Waals surface area contributed by atoms with E-state index in [-0.39, 0.29) is 31.3 Å². The van der Waals surface area contributed by atoms with Crippen molar-refractivity contribution in [1.29, 1.82) is 0 Å². The summed E-state index contributed by atoms with van der Waals surface area (Å²) in [4.78, 5) is 12.9. The third kappa shape index (κ3) is 6.34. The van der Waals surface area contributed by atoms with Crippen molar-refractivity contribution in [3.05, 3.63) is 12.2 Å². The standard InChI is InChI=1S/C18H31NO6/c1-23-13-25-16-12-15(20)18(19-8-10-24-11-9-19)14(16)6-4-2-3-5-7-17(21)22/h2,4,14-16,18,20H,3,5-13H2,1H3,(H,21,22)/t14-,15+,16-,18+/m0/s1. The Morgan fingerprint density at radius 1 is 1.32 bits per heavy atom. The number of methoxy groups -OCH3 is 1. The molecule has 2 rings (SSSR count). The van der Waals surface area contributed by atoms with Gasteiger partial charge in [-0.3, -0.25) is 9.69 Å². The summed E-state index contributed by atoms with van der Waals surface area (Å²) >= 11 is 0. The Morgan fingerprint density at radius 3 is 2.76 bits per heavy atom. The number of unbranched alkanes of at least 4 members (excludes halogenated alkanes) is 1. The van der Waals surface area contributed by atoms with Crippen LogP contribution in [0.4, 0.5) is 0 Å². The normalized spacial score (nSPS) is 31.0. The fraction of sp³-hybridized carbons (Fsp3) is 0.833. The molecule has 0 aromatic rings. The van der Waals surface area contributed by atoms with Gasteiger partial charge in [0.25, 0.3) is 0 Å². The minimum Gasteiger partial charge on any atom is -0.481 e. The van der Waals surface area contributed by atoms with Crippen LogP contribution in [0, 0.1) is 5.92 Å². The summed E-state index contributed by atoms with van der Waals surface area (Å²) in [5.74, 6) is -0.563. The average Bonchev–Trinajstić information content (AvgIpc) is 2.92. The van der Waals surface area contributed by atoms with Gasteiger partial charge in [-0.25, -0.2) is 0 Å². The SMILES string of the molecule is COCO[C@H]1C[C@@H](O)[C@H](N2CCOCC2)[C@H]1CC=CCCCC(=O)O. The van der Waals surface area contributed by atoms with Crippen LogP contribution in [0.25, 0.3) is 0 Å². The van der Waals surface area contributed by atoms with E-state index in [1.54, 1.807) is 7.11 Å². The largest absolute Gasteiger partial charge is 0.481 e. The summed E-state index contributed by atoms with van der Waals surface area (Å²) in [5, 5.41) is 19.3. The number of allylic oxidation sites excluding steroid dienone is 2. The molecule has 0 unspecified atom stereocenters. The molecule has 144 valence electrons. The number of aliphatic hydroxyl groups excluding tert-OH is 1. The summed E-state index contributed by atoms with van der Waals surface area (Å²) in [6, 6.07) is 0.0643. The Bertz CT molecular complexity index is 424. The van der Waals surface area contributed by atoms with Gasteiger partial charge >= 0.3 is 5.97 Å². The molecule has 0 bridgehead atoms. The Morgan fingerprint density at radius 2 is 2.08 bits per heavy atom. The van der Waals surface area contributed by atoms with Gasteiger partial charge in [-0.1, -0.05) is 12.2 Å². The van der Waals surface area contributed by atoms with Crippen LogP contribution in [0.15, 0.2) is 12.2 Å². The lowest BCUT2D eigenvalue weighted by atomic mass is 9.94. The maximum absolute atomic E-state index is 10.6. The Hall–Kier alpha value is -0.990. The van der Waals surface area contributed by atoms with Gasteiger partial charge in [-0.05, 0) is 19.3 Å². The van der Waals surface area contributed by atoms with Gasteiger partial charge in [0.05, 0.1) is 25.4 Å². The summed E-state index contributed by atoms with van der Waals surface area (Å²) < 4.78 is 16.3. The molecule has 1 aliphatic heterocycles. The first-order valence-corrected chi connectivity index (χ1v) is 9.10. The predicted octanol–water partition coefficient (Wildman–Crippen LogP) is 1.26. The Labute approximate surface area is 149 Å². The van der Waals surface area contributed by atoms with Crippen molar-refractivity contribution in [3.8, 4) is 0 Å². The van der Waals surface area contributed by atoms with Gasteiger partial charge in [0.2, 0.25) is 0 Å². The van der Waals surface area contributed by atoms with Gasteiger partial charge in [0.1, 0.15) is 6.79 Å². The molecule has 0 spiro atoms. The Balaban J connectivity index is 1.93. The van der Waals surface area contributed by atoms with Crippen molar-refractivity contribution < 1.29 is 29.2 Å². The molecule has 4 atom stereocenters. The zero-order valence-electron chi connectivity index (χ0n) is 15.0. The predicted molar refractivity (Wildman–Crippen MR) is 92.3 cm³/mol. The molecule has 7 heteroatoms. The minimum atomic E-state index is -0.757. The van der Waals surface area contributed by atoms with E-state index in [0.717, 1.165) is 25.9 Å². The first-order valence-electron chi connectivity index (χ1n) is 9.10. The zero-order valence-corrected chi connectivity index (χ0v) is 15.0. The summed E-state index contributed by atoms with van der Waals surface area (Å²) in [6.45, 7) is 3.29. The molecule has 1 aliphatic carbocycles. The van der Waals surface area contributed by atoms with Crippen LogP contribution < -0.4 is 0 Å². The number of carboxylic acid groups (broad SMARTS) is 1. The fourth-order valence-electron chi connectivity index (χ4n) is 3.83. The number of carboxylic acids is 1. The fourth-order valence-corrected chi connectivity index (χ4v) is 3.83. The molecule has 1 heterocycles. The first kappa shape index (κ1) is 20.3. The number of morpholine rings is 1. The van der Waals surface area contributed by atoms with Gasteiger partial charge in [0, 0.05) is 45.0 Å². The smallest absolute Gasteiger partial charge is 0.303 e. The number of hydrogen-bond acceptors (Lipinski definition) is 6. The number of carbonyl (C=O) groups is 1. The third-order valence-corrected chi connectivity index (χ3v) is 4.99. The lowest BCUT2D eigenvalue weighted by Crippen LogP contribution is -2.50. The van der Waals surface area contributed by atoms with E-state index in [1.807, 2.05) is 6.08 Å². The van der Waals surface area contributed by atoms with Crippen LogP contribution in [0.2, 0.25) is 0 Å². The highest BCUT2D eigenvalue weighted by Crippen LogP contribution is 2.36. The van der Waals surface area contributed by atoms with Gasteiger partial charge in [-0.15, -0.1) is 0 Å². The second-order valence-electron chi connectivity index (χ2n) is 6.71. The number of ether oxygens (including phenoxy) is 3. The number of aliphatic carboxylic acids is 1. The zero-order chi connectivity index (χ0) is 18.1. The van der Waals surface area contributed by atoms with Crippen molar-refractivity contribution in [2.45, 2.75) is 50.4 Å². The molecule has 1 saturated heterocycles. The second kappa shape index (κ2) is 10.9. The van der Waals surface area contributed by atoms with E-state index < -0.39 is 12.1 Å². The highest BCUT2D eigenvalue weighted by molar-refractivity contribution is 5.66. The molecule has 0 aromatic heterocycles. The summed E-state index contributed by atoms with van der Waals surface area (Å²) in [7, 11) is 1.60. The monoisotopic (exact) mass is 357 g/mol. The highest BCUT2D eigenvalue weighted by Gasteiger charge is 2.45. The number of hydrogen-bond donors (Lipinski definition) is 2. The topological polar surface area (TPSA) is 88.5 Å². The minimum absolute atomic E-state index is 0.0357. The van der Waals surface area contributed by atoms with Crippen LogP contribution in [-0.4, -0.2) is 79.5 Å².